The molecule has 0 aliphatic carbocycles. The van der Waals surface area contributed by atoms with Crippen molar-refractivity contribution in [3.63, 3.8) is 0 Å². The standard InChI is InChI=1S/C26H28O2/c27-24(28)15-7-5-3-1-2-4-6-10-21-18-22-13-8-11-19-16-17-20-12-9-14-23(21)26(20)25(19)22/h8-9,11-14,16-18H,1-7,10,15H2,(H,27,28). The van der Waals surface area contributed by atoms with Gasteiger partial charge in [-0.3, -0.25) is 4.79 Å². The van der Waals surface area contributed by atoms with E-state index in [2.05, 4.69) is 54.6 Å². The Balaban J connectivity index is 1.40. The molecule has 0 aromatic heterocycles. The van der Waals surface area contributed by atoms with Crippen LogP contribution >= 0.6 is 0 Å². The molecule has 0 heterocycles. The molecule has 2 heteroatoms. The summed E-state index contributed by atoms with van der Waals surface area (Å²) in [6.45, 7) is 0. The highest BCUT2D eigenvalue weighted by Gasteiger charge is 2.11. The van der Waals surface area contributed by atoms with E-state index in [0.717, 1.165) is 25.7 Å². The maximum atomic E-state index is 10.5. The number of hydrogen-bond donors (Lipinski definition) is 1. The van der Waals surface area contributed by atoms with Crippen LogP contribution in [0.1, 0.15) is 56.9 Å². The van der Waals surface area contributed by atoms with Crippen molar-refractivity contribution in [3.05, 3.63) is 60.2 Å². The van der Waals surface area contributed by atoms with E-state index in [0.29, 0.717) is 6.42 Å². The third-order valence-corrected chi connectivity index (χ3v) is 5.93. The number of hydrogen-bond acceptors (Lipinski definition) is 1. The SMILES string of the molecule is O=C(O)CCCCCCCCCc1cc2cccc3ccc4cccc1c4c32. The Kier molecular flexibility index (Phi) is 5.76. The maximum Gasteiger partial charge on any atom is 0.303 e. The third kappa shape index (κ3) is 3.96. The summed E-state index contributed by atoms with van der Waals surface area (Å²) >= 11 is 0. The summed E-state index contributed by atoms with van der Waals surface area (Å²) in [5, 5.41) is 16.9. The molecule has 0 saturated carbocycles. The third-order valence-electron chi connectivity index (χ3n) is 5.93. The van der Waals surface area contributed by atoms with Gasteiger partial charge in [-0.15, -0.1) is 0 Å². The second kappa shape index (κ2) is 8.60. The number of carboxylic acids is 1. The zero-order valence-electron chi connectivity index (χ0n) is 16.4. The molecule has 1 N–H and O–H groups in total. The molecule has 0 radical (unpaired) electrons. The summed E-state index contributed by atoms with van der Waals surface area (Å²) < 4.78 is 0. The van der Waals surface area contributed by atoms with Gasteiger partial charge in [-0.25, -0.2) is 0 Å². The Labute approximate surface area is 166 Å². The molecule has 0 bridgehead atoms. The molecule has 2 nitrogen and oxygen atoms in total. The number of carbonyl (C=O) groups is 1. The van der Waals surface area contributed by atoms with Crippen molar-refractivity contribution in [2.45, 2.75) is 57.8 Å². The summed E-state index contributed by atoms with van der Waals surface area (Å²) in [5.41, 5.74) is 1.47. The molecule has 0 saturated heterocycles. The van der Waals surface area contributed by atoms with Gasteiger partial charge in [-0.1, -0.05) is 86.7 Å². The first kappa shape index (κ1) is 18.7. The van der Waals surface area contributed by atoms with Gasteiger partial charge in [0.1, 0.15) is 0 Å². The van der Waals surface area contributed by atoms with Gasteiger partial charge >= 0.3 is 5.97 Å². The van der Waals surface area contributed by atoms with E-state index in [9.17, 15) is 4.79 Å². The Morgan fingerprint density at radius 3 is 2.04 bits per heavy atom. The van der Waals surface area contributed by atoms with Gasteiger partial charge in [0.25, 0.3) is 0 Å². The van der Waals surface area contributed by atoms with E-state index in [4.69, 9.17) is 5.11 Å². The van der Waals surface area contributed by atoms with Crippen molar-refractivity contribution in [2.75, 3.05) is 0 Å². The fraction of sp³-hybridized carbons (Fsp3) is 0.346. The predicted octanol–water partition coefficient (Wildman–Crippen LogP) is 7.33. The molecule has 0 amide bonds. The predicted molar refractivity (Wildman–Crippen MR) is 118 cm³/mol. The highest BCUT2D eigenvalue weighted by atomic mass is 16.4. The van der Waals surface area contributed by atoms with E-state index in [-0.39, 0.29) is 0 Å². The van der Waals surface area contributed by atoms with Crippen LogP contribution in [-0.2, 0) is 11.2 Å². The van der Waals surface area contributed by atoms with Gasteiger partial charge in [0.15, 0.2) is 0 Å². The molecule has 4 rings (SSSR count). The van der Waals surface area contributed by atoms with Gasteiger partial charge in [0, 0.05) is 6.42 Å². The van der Waals surface area contributed by atoms with Crippen molar-refractivity contribution in [2.24, 2.45) is 0 Å². The van der Waals surface area contributed by atoms with Crippen LogP contribution in [0.15, 0.2) is 54.6 Å². The monoisotopic (exact) mass is 372 g/mol. The number of aryl methyl sites for hydroxylation is 1. The second-order valence-corrected chi connectivity index (χ2v) is 7.95. The number of carboxylic acid groups (broad SMARTS) is 1. The number of benzene rings is 4. The van der Waals surface area contributed by atoms with Crippen LogP contribution in [0.25, 0.3) is 32.3 Å². The summed E-state index contributed by atoms with van der Waals surface area (Å²) in [5.74, 6) is -0.673. The molecule has 0 unspecified atom stereocenters. The summed E-state index contributed by atoms with van der Waals surface area (Å²) in [6.07, 6.45) is 9.39. The van der Waals surface area contributed by atoms with E-state index < -0.39 is 5.97 Å². The van der Waals surface area contributed by atoms with E-state index >= 15 is 0 Å². The molecule has 4 aromatic carbocycles. The molecule has 28 heavy (non-hydrogen) atoms. The summed E-state index contributed by atoms with van der Waals surface area (Å²) in [7, 11) is 0. The van der Waals surface area contributed by atoms with Crippen molar-refractivity contribution >= 4 is 38.3 Å². The Hall–Kier alpha value is -2.61. The lowest BCUT2D eigenvalue weighted by Crippen LogP contribution is -1.93. The smallest absolute Gasteiger partial charge is 0.303 e. The van der Waals surface area contributed by atoms with Crippen LogP contribution in [0.4, 0.5) is 0 Å². The summed E-state index contributed by atoms with van der Waals surface area (Å²) in [6, 6.07) is 20.2. The van der Waals surface area contributed by atoms with Crippen LogP contribution in [0.5, 0.6) is 0 Å². The second-order valence-electron chi connectivity index (χ2n) is 7.95. The van der Waals surface area contributed by atoms with Crippen molar-refractivity contribution < 1.29 is 9.90 Å². The highest BCUT2D eigenvalue weighted by Crippen LogP contribution is 2.36. The molecular formula is C26H28O2. The molecule has 144 valence electrons. The van der Waals surface area contributed by atoms with Gasteiger partial charge in [-0.2, -0.15) is 0 Å². The number of aliphatic carboxylic acids is 1. The normalized spacial score (nSPS) is 11.7. The fourth-order valence-corrected chi connectivity index (χ4v) is 4.52. The molecule has 0 atom stereocenters. The van der Waals surface area contributed by atoms with Crippen LogP contribution in [0.3, 0.4) is 0 Å². The van der Waals surface area contributed by atoms with E-state index in [1.165, 1.54) is 63.6 Å². The van der Waals surface area contributed by atoms with Gasteiger partial charge in [-0.05, 0) is 57.1 Å². The molecular weight excluding hydrogens is 344 g/mol. The number of unbranched alkanes of at least 4 members (excludes halogenated alkanes) is 6. The molecule has 0 aliphatic heterocycles. The van der Waals surface area contributed by atoms with Gasteiger partial charge < -0.3 is 5.11 Å². The van der Waals surface area contributed by atoms with Gasteiger partial charge in [0.05, 0.1) is 0 Å². The minimum Gasteiger partial charge on any atom is -0.481 e. The lowest BCUT2D eigenvalue weighted by molar-refractivity contribution is -0.137. The first-order valence-electron chi connectivity index (χ1n) is 10.6. The maximum absolute atomic E-state index is 10.5. The Morgan fingerprint density at radius 2 is 1.29 bits per heavy atom. The largest absolute Gasteiger partial charge is 0.481 e. The van der Waals surface area contributed by atoms with Crippen LogP contribution < -0.4 is 0 Å². The van der Waals surface area contributed by atoms with E-state index in [1.807, 2.05) is 0 Å². The molecule has 0 spiro atoms. The summed E-state index contributed by atoms with van der Waals surface area (Å²) in [4.78, 5) is 10.5. The van der Waals surface area contributed by atoms with E-state index in [1.54, 1.807) is 0 Å². The number of rotatable bonds is 10. The quantitative estimate of drug-likeness (QED) is 0.234. The zero-order chi connectivity index (χ0) is 19.3. The lowest BCUT2D eigenvalue weighted by Gasteiger charge is -2.14. The molecule has 0 fully saturated rings. The van der Waals surface area contributed by atoms with Crippen molar-refractivity contribution in [1.29, 1.82) is 0 Å². The minimum absolute atomic E-state index is 0.313. The first-order chi connectivity index (χ1) is 13.7. The van der Waals surface area contributed by atoms with Crippen LogP contribution in [0.2, 0.25) is 0 Å². The first-order valence-corrected chi connectivity index (χ1v) is 10.6. The average molecular weight is 373 g/mol. The molecule has 0 aliphatic rings. The lowest BCUT2D eigenvalue weighted by atomic mass is 9.89. The van der Waals surface area contributed by atoms with Crippen LogP contribution in [-0.4, -0.2) is 11.1 Å². The van der Waals surface area contributed by atoms with Crippen molar-refractivity contribution in [3.8, 4) is 0 Å². The fourth-order valence-electron chi connectivity index (χ4n) is 4.52. The zero-order valence-corrected chi connectivity index (χ0v) is 16.4. The van der Waals surface area contributed by atoms with Crippen molar-refractivity contribution in [1.82, 2.24) is 0 Å². The van der Waals surface area contributed by atoms with Gasteiger partial charge in [0.2, 0.25) is 0 Å². The minimum atomic E-state index is -0.673. The molecule has 4 aromatic rings. The Morgan fingerprint density at radius 1 is 0.679 bits per heavy atom. The highest BCUT2D eigenvalue weighted by molar-refractivity contribution is 6.23. The average Bonchev–Trinajstić information content (AvgIpc) is 2.71. The Bertz CT molecular complexity index is 1080. The van der Waals surface area contributed by atoms with Crippen LogP contribution in [0, 0.1) is 0 Å². The topological polar surface area (TPSA) is 37.3 Å².